The third-order valence-electron chi connectivity index (χ3n) is 4.64. The van der Waals surface area contributed by atoms with Gasteiger partial charge in [-0.25, -0.2) is 4.98 Å². The Morgan fingerprint density at radius 2 is 2.04 bits per heavy atom. The quantitative estimate of drug-likeness (QED) is 0.725. The maximum atomic E-state index is 12.2. The van der Waals surface area contributed by atoms with Gasteiger partial charge in [0.2, 0.25) is 5.91 Å². The summed E-state index contributed by atoms with van der Waals surface area (Å²) in [6.45, 7) is 3.21. The molecular weight excluding hydrogens is 342 g/mol. The van der Waals surface area contributed by atoms with Crippen LogP contribution in [-0.4, -0.2) is 47.2 Å². The van der Waals surface area contributed by atoms with Crippen molar-refractivity contribution in [3.05, 3.63) is 60.3 Å². The smallest absolute Gasteiger partial charge is 0.230 e. The molecule has 1 unspecified atom stereocenters. The van der Waals surface area contributed by atoms with Gasteiger partial charge in [0, 0.05) is 18.8 Å². The number of thioether (sulfide) groups is 1. The summed E-state index contributed by atoms with van der Waals surface area (Å²) in [5, 5.41) is 4.10. The van der Waals surface area contributed by atoms with E-state index >= 15 is 0 Å². The van der Waals surface area contributed by atoms with Gasteiger partial charge in [0.05, 0.1) is 10.8 Å². The molecule has 4 nitrogen and oxygen atoms in total. The van der Waals surface area contributed by atoms with Crippen LogP contribution in [0, 0.1) is 0 Å². The number of nitrogens with one attached hydrogen (secondary N) is 1. The first kappa shape index (κ1) is 18.9. The van der Waals surface area contributed by atoms with Crippen LogP contribution < -0.4 is 5.32 Å². The van der Waals surface area contributed by atoms with Crippen molar-refractivity contribution in [3.8, 4) is 0 Å². The number of nitrogens with zero attached hydrogens (tertiary/aromatic N) is 2. The lowest BCUT2D eigenvalue weighted by Gasteiger charge is -2.33. The number of hydrogen-bond donors (Lipinski definition) is 1. The number of piperidine rings is 1. The van der Waals surface area contributed by atoms with Crippen molar-refractivity contribution in [3.63, 3.8) is 0 Å². The molecule has 2 heterocycles. The Hall–Kier alpha value is -1.85. The van der Waals surface area contributed by atoms with Crippen LogP contribution in [0.15, 0.2) is 59.8 Å². The molecule has 1 aliphatic rings. The predicted molar refractivity (Wildman–Crippen MR) is 107 cm³/mol. The first-order valence-electron chi connectivity index (χ1n) is 9.39. The molecule has 0 bridgehead atoms. The molecule has 1 N–H and O–H groups in total. The van der Waals surface area contributed by atoms with Gasteiger partial charge in [-0.05, 0) is 56.5 Å². The molecule has 1 aromatic heterocycles. The van der Waals surface area contributed by atoms with Crippen molar-refractivity contribution >= 4 is 17.7 Å². The molecule has 2 aromatic rings. The van der Waals surface area contributed by atoms with Crippen LogP contribution in [-0.2, 0) is 11.2 Å². The fourth-order valence-corrected chi connectivity index (χ4v) is 4.04. The molecule has 1 aliphatic heterocycles. The van der Waals surface area contributed by atoms with Crippen molar-refractivity contribution in [1.82, 2.24) is 15.2 Å². The van der Waals surface area contributed by atoms with Crippen molar-refractivity contribution in [2.45, 2.75) is 36.8 Å². The summed E-state index contributed by atoms with van der Waals surface area (Å²) < 4.78 is 0. The number of benzene rings is 1. The number of pyridine rings is 1. The predicted octanol–water partition coefficient (Wildman–Crippen LogP) is 3.39. The number of carbonyl (C=O) groups is 1. The summed E-state index contributed by atoms with van der Waals surface area (Å²) in [5.41, 5.74) is 1.40. The molecule has 1 amide bonds. The summed E-state index contributed by atoms with van der Waals surface area (Å²) in [5.74, 6) is 0.540. The van der Waals surface area contributed by atoms with E-state index in [1.165, 1.54) is 23.7 Å². The first-order chi connectivity index (χ1) is 12.8. The number of aryl methyl sites for hydroxylation is 1. The first-order valence-corrected chi connectivity index (χ1v) is 10.4. The van der Waals surface area contributed by atoms with Crippen LogP contribution in [0.25, 0.3) is 0 Å². The Morgan fingerprint density at radius 1 is 1.19 bits per heavy atom. The van der Waals surface area contributed by atoms with E-state index in [1.807, 2.05) is 18.2 Å². The highest BCUT2D eigenvalue weighted by Gasteiger charge is 2.21. The van der Waals surface area contributed by atoms with E-state index in [0.717, 1.165) is 43.9 Å². The molecule has 1 fully saturated rings. The van der Waals surface area contributed by atoms with E-state index in [1.54, 1.807) is 6.20 Å². The van der Waals surface area contributed by atoms with Crippen molar-refractivity contribution in [2.75, 3.05) is 25.4 Å². The Bertz CT molecular complexity index is 665. The highest BCUT2D eigenvalue weighted by molar-refractivity contribution is 7.99. The van der Waals surface area contributed by atoms with Crippen molar-refractivity contribution in [2.24, 2.45) is 0 Å². The number of carbonyl (C=O) groups excluding carboxylic acids is 1. The van der Waals surface area contributed by atoms with Gasteiger partial charge in [0.15, 0.2) is 0 Å². The fourth-order valence-electron chi connectivity index (χ4n) is 3.37. The van der Waals surface area contributed by atoms with Gasteiger partial charge in [-0.1, -0.05) is 48.2 Å². The lowest BCUT2D eigenvalue weighted by atomic mass is 10.0. The third kappa shape index (κ3) is 6.46. The summed E-state index contributed by atoms with van der Waals surface area (Å²) in [6, 6.07) is 16.7. The maximum Gasteiger partial charge on any atom is 0.230 e. The fraction of sp³-hybridized carbons (Fsp3) is 0.429. The van der Waals surface area contributed by atoms with Gasteiger partial charge >= 0.3 is 0 Å². The standard InChI is InChI=1S/C21H27N3OS/c25-20(17-26-21-12-4-5-13-22-21)23-19-11-7-15-24(16-19)14-6-10-18-8-2-1-3-9-18/h1-5,8-9,12-13,19H,6-7,10-11,14-17H2,(H,23,25). The number of likely N-dealkylation sites (tertiary alicyclic amines) is 1. The topological polar surface area (TPSA) is 45.2 Å². The monoisotopic (exact) mass is 369 g/mol. The van der Waals surface area contributed by atoms with Gasteiger partial charge in [0.1, 0.15) is 0 Å². The average molecular weight is 370 g/mol. The van der Waals surface area contributed by atoms with Crippen LogP contribution >= 0.6 is 11.8 Å². The minimum Gasteiger partial charge on any atom is -0.351 e. The average Bonchev–Trinajstić information content (AvgIpc) is 2.68. The molecule has 3 rings (SSSR count). The molecule has 1 saturated heterocycles. The number of amides is 1. The van der Waals surface area contributed by atoms with E-state index in [4.69, 9.17) is 0 Å². The lowest BCUT2D eigenvalue weighted by Crippen LogP contribution is -2.48. The Morgan fingerprint density at radius 3 is 2.85 bits per heavy atom. The number of rotatable bonds is 8. The highest BCUT2D eigenvalue weighted by atomic mass is 32.2. The number of hydrogen-bond acceptors (Lipinski definition) is 4. The van der Waals surface area contributed by atoms with Gasteiger partial charge < -0.3 is 10.2 Å². The minimum atomic E-state index is 0.108. The zero-order chi connectivity index (χ0) is 18.0. The van der Waals surface area contributed by atoms with E-state index in [0.29, 0.717) is 5.75 Å². The summed E-state index contributed by atoms with van der Waals surface area (Å²) in [7, 11) is 0. The molecule has 0 radical (unpaired) electrons. The van der Waals surface area contributed by atoms with Crippen LogP contribution in [0.4, 0.5) is 0 Å². The normalized spacial score (nSPS) is 17.8. The van der Waals surface area contributed by atoms with Gasteiger partial charge in [0.25, 0.3) is 0 Å². The van der Waals surface area contributed by atoms with Gasteiger partial charge in [-0.15, -0.1) is 0 Å². The zero-order valence-corrected chi connectivity index (χ0v) is 16.0. The second kappa shape index (κ2) is 10.3. The molecule has 138 valence electrons. The lowest BCUT2D eigenvalue weighted by molar-refractivity contribution is -0.119. The van der Waals surface area contributed by atoms with Crippen LogP contribution in [0.1, 0.15) is 24.8 Å². The summed E-state index contributed by atoms with van der Waals surface area (Å²) >= 11 is 1.49. The summed E-state index contributed by atoms with van der Waals surface area (Å²) in [6.07, 6.45) is 6.28. The van der Waals surface area contributed by atoms with Crippen LogP contribution in [0.3, 0.4) is 0 Å². The molecule has 0 saturated carbocycles. The van der Waals surface area contributed by atoms with Crippen molar-refractivity contribution in [1.29, 1.82) is 0 Å². The van der Waals surface area contributed by atoms with E-state index in [2.05, 4.69) is 45.5 Å². The van der Waals surface area contributed by atoms with E-state index in [-0.39, 0.29) is 11.9 Å². The second-order valence-corrected chi connectivity index (χ2v) is 7.75. The zero-order valence-electron chi connectivity index (χ0n) is 15.1. The van der Waals surface area contributed by atoms with E-state index in [9.17, 15) is 4.79 Å². The Kier molecular flexibility index (Phi) is 7.52. The molecule has 5 heteroatoms. The molecule has 0 spiro atoms. The Labute approximate surface area is 160 Å². The largest absolute Gasteiger partial charge is 0.351 e. The van der Waals surface area contributed by atoms with Crippen LogP contribution in [0.2, 0.25) is 0 Å². The SMILES string of the molecule is O=C(CSc1ccccn1)NC1CCCN(CCCc2ccccc2)C1. The molecular formula is C21H27N3OS. The van der Waals surface area contributed by atoms with Crippen molar-refractivity contribution < 1.29 is 4.79 Å². The molecule has 26 heavy (non-hydrogen) atoms. The third-order valence-corrected chi connectivity index (χ3v) is 5.59. The Balaban J connectivity index is 1.35. The second-order valence-electron chi connectivity index (χ2n) is 6.75. The molecule has 0 aliphatic carbocycles. The minimum absolute atomic E-state index is 0.108. The number of aromatic nitrogens is 1. The summed E-state index contributed by atoms with van der Waals surface area (Å²) in [4.78, 5) is 18.9. The van der Waals surface area contributed by atoms with Gasteiger partial charge in [-0.3, -0.25) is 4.79 Å². The maximum absolute atomic E-state index is 12.2. The molecule has 1 atom stereocenters. The highest BCUT2D eigenvalue weighted by Crippen LogP contribution is 2.15. The van der Waals surface area contributed by atoms with Crippen LogP contribution in [0.5, 0.6) is 0 Å². The van der Waals surface area contributed by atoms with Gasteiger partial charge in [-0.2, -0.15) is 0 Å². The van der Waals surface area contributed by atoms with E-state index < -0.39 is 0 Å². The molecule has 1 aromatic carbocycles.